The van der Waals surface area contributed by atoms with Gasteiger partial charge in [0, 0.05) is 0 Å². The van der Waals surface area contributed by atoms with Gasteiger partial charge >= 0.3 is 5.97 Å². The summed E-state index contributed by atoms with van der Waals surface area (Å²) in [7, 11) is 0. The van der Waals surface area contributed by atoms with Gasteiger partial charge in [0.15, 0.2) is 11.7 Å². The molecule has 2 amide bonds. The first-order valence-electron chi connectivity index (χ1n) is 11.6. The van der Waals surface area contributed by atoms with Crippen molar-refractivity contribution >= 4 is 52.6 Å². The average molecular weight is 515 g/mol. The number of rotatable bonds is 6. The number of anilines is 2. The highest BCUT2D eigenvalue weighted by atomic mass is 32.1. The van der Waals surface area contributed by atoms with E-state index in [4.69, 9.17) is 22.1 Å². The van der Waals surface area contributed by atoms with Crippen LogP contribution in [-0.4, -0.2) is 34.6 Å². The Morgan fingerprint density at radius 1 is 0.811 bits per heavy atom. The lowest BCUT2D eigenvalue weighted by Crippen LogP contribution is -2.57. The molecular formula is C29H26N2O5S. The topological polar surface area (TPSA) is 87.1 Å². The summed E-state index contributed by atoms with van der Waals surface area (Å²) in [5.74, 6) is -1.77. The Labute approximate surface area is 220 Å². The Hall–Kier alpha value is -4.30. The minimum atomic E-state index is -1.08. The molecule has 0 radical (unpaired) electrons. The Morgan fingerprint density at radius 3 is 1.73 bits per heavy atom. The monoisotopic (exact) mass is 514 g/mol. The minimum absolute atomic E-state index is 0.0516. The van der Waals surface area contributed by atoms with E-state index >= 15 is 0 Å². The molecule has 3 aromatic carbocycles. The Balaban J connectivity index is 1.80. The molecule has 4 rings (SSSR count). The molecule has 7 nitrogen and oxygen atoms in total. The first kappa shape index (κ1) is 25.8. The SMILES string of the molecule is Cc1ccc(N2C(=O)C(=Cc3ccc(OCC(=O)O)cc3)C(=O)N(c3ccc(C)c(C)c3)C2=S)cc1C. The van der Waals surface area contributed by atoms with E-state index in [2.05, 4.69) is 0 Å². The van der Waals surface area contributed by atoms with Gasteiger partial charge in [0.2, 0.25) is 0 Å². The molecule has 1 heterocycles. The third kappa shape index (κ3) is 5.29. The highest BCUT2D eigenvalue weighted by Crippen LogP contribution is 2.32. The van der Waals surface area contributed by atoms with Gasteiger partial charge < -0.3 is 9.84 Å². The third-order valence-electron chi connectivity index (χ3n) is 6.30. The van der Waals surface area contributed by atoms with Crippen molar-refractivity contribution in [2.75, 3.05) is 16.4 Å². The van der Waals surface area contributed by atoms with Crippen molar-refractivity contribution < 1.29 is 24.2 Å². The minimum Gasteiger partial charge on any atom is -0.482 e. The lowest BCUT2D eigenvalue weighted by molar-refractivity contribution is -0.139. The van der Waals surface area contributed by atoms with Gasteiger partial charge in [0.25, 0.3) is 11.8 Å². The number of carboxylic acids is 1. The molecule has 0 unspecified atom stereocenters. The smallest absolute Gasteiger partial charge is 0.341 e. The van der Waals surface area contributed by atoms with E-state index in [9.17, 15) is 14.4 Å². The van der Waals surface area contributed by atoms with Gasteiger partial charge in [0.1, 0.15) is 11.3 Å². The number of thiocarbonyl (C=S) groups is 1. The van der Waals surface area contributed by atoms with Crippen molar-refractivity contribution in [3.8, 4) is 5.75 Å². The number of hydrogen-bond donors (Lipinski definition) is 1. The van der Waals surface area contributed by atoms with Gasteiger partial charge in [-0.05, 0) is 110 Å². The third-order valence-corrected chi connectivity index (χ3v) is 6.67. The van der Waals surface area contributed by atoms with Crippen molar-refractivity contribution in [1.29, 1.82) is 0 Å². The number of hydrogen-bond acceptors (Lipinski definition) is 5. The molecule has 1 aliphatic heterocycles. The lowest BCUT2D eigenvalue weighted by Gasteiger charge is -2.37. The van der Waals surface area contributed by atoms with Crippen LogP contribution in [0.1, 0.15) is 27.8 Å². The summed E-state index contributed by atoms with van der Waals surface area (Å²) in [4.78, 5) is 41.0. The zero-order valence-corrected chi connectivity index (χ0v) is 21.8. The fourth-order valence-electron chi connectivity index (χ4n) is 3.89. The number of aryl methyl sites for hydroxylation is 4. The zero-order valence-electron chi connectivity index (χ0n) is 20.9. The van der Waals surface area contributed by atoms with Gasteiger partial charge in [-0.15, -0.1) is 0 Å². The highest BCUT2D eigenvalue weighted by molar-refractivity contribution is 7.81. The van der Waals surface area contributed by atoms with Gasteiger partial charge in [-0.3, -0.25) is 19.4 Å². The van der Waals surface area contributed by atoms with E-state index in [1.165, 1.54) is 15.9 Å². The van der Waals surface area contributed by atoms with Gasteiger partial charge in [-0.2, -0.15) is 0 Å². The molecule has 1 saturated heterocycles. The van der Waals surface area contributed by atoms with E-state index in [0.29, 0.717) is 22.7 Å². The number of carbonyl (C=O) groups excluding carboxylic acids is 2. The molecule has 1 N–H and O–H groups in total. The van der Waals surface area contributed by atoms with E-state index in [0.717, 1.165) is 22.3 Å². The fourth-order valence-corrected chi connectivity index (χ4v) is 4.26. The molecule has 1 aliphatic rings. The Bertz CT molecular complexity index is 1380. The predicted octanol–water partition coefficient (Wildman–Crippen LogP) is 5.13. The molecule has 8 heteroatoms. The second-order valence-electron chi connectivity index (χ2n) is 8.91. The molecule has 188 valence electrons. The van der Waals surface area contributed by atoms with Crippen LogP contribution in [0.25, 0.3) is 6.08 Å². The summed E-state index contributed by atoms with van der Waals surface area (Å²) >= 11 is 5.72. The first-order chi connectivity index (χ1) is 17.6. The molecule has 1 fully saturated rings. The molecule has 0 saturated carbocycles. The molecule has 0 bridgehead atoms. The van der Waals surface area contributed by atoms with Gasteiger partial charge in [-0.25, -0.2) is 4.79 Å². The van der Waals surface area contributed by atoms with Crippen LogP contribution in [0.5, 0.6) is 5.75 Å². The molecule has 0 aliphatic carbocycles. The van der Waals surface area contributed by atoms with Crippen LogP contribution < -0.4 is 14.5 Å². The predicted molar refractivity (Wildman–Crippen MR) is 147 cm³/mol. The maximum Gasteiger partial charge on any atom is 0.341 e. The molecular weight excluding hydrogens is 488 g/mol. The summed E-state index contributed by atoms with van der Waals surface area (Å²) in [6.45, 7) is 7.40. The average Bonchev–Trinajstić information content (AvgIpc) is 2.85. The maximum atomic E-state index is 13.7. The molecule has 0 aromatic heterocycles. The number of amides is 2. The van der Waals surface area contributed by atoms with E-state index in [1.54, 1.807) is 24.3 Å². The van der Waals surface area contributed by atoms with Crippen molar-refractivity contribution in [2.45, 2.75) is 27.7 Å². The van der Waals surface area contributed by atoms with Crippen molar-refractivity contribution in [3.05, 3.63) is 94.1 Å². The Morgan fingerprint density at radius 2 is 1.30 bits per heavy atom. The number of carbonyl (C=O) groups is 3. The molecule has 0 spiro atoms. The number of aliphatic carboxylic acids is 1. The number of ether oxygens (including phenoxy) is 1. The number of benzene rings is 3. The van der Waals surface area contributed by atoms with Crippen LogP contribution in [0, 0.1) is 27.7 Å². The van der Waals surface area contributed by atoms with Gasteiger partial charge in [-0.1, -0.05) is 24.3 Å². The quantitative estimate of drug-likeness (QED) is 0.279. The highest BCUT2D eigenvalue weighted by Gasteiger charge is 2.41. The van der Waals surface area contributed by atoms with Gasteiger partial charge in [0.05, 0.1) is 11.4 Å². The van der Waals surface area contributed by atoms with Crippen LogP contribution >= 0.6 is 12.2 Å². The second-order valence-corrected chi connectivity index (χ2v) is 9.28. The maximum absolute atomic E-state index is 13.7. The van der Waals surface area contributed by atoms with Crippen molar-refractivity contribution in [2.24, 2.45) is 0 Å². The summed E-state index contributed by atoms with van der Waals surface area (Å²) in [6.07, 6.45) is 1.51. The standard InChI is InChI=1S/C29H26N2O5S/c1-17-5-9-22(13-19(17)3)30-27(34)25(15-21-7-11-24(12-8-21)36-16-26(32)33)28(35)31(29(30)37)23-10-6-18(2)20(4)14-23/h5-15H,16H2,1-4H3,(H,32,33). The molecule has 3 aromatic rings. The van der Waals surface area contributed by atoms with Crippen molar-refractivity contribution in [1.82, 2.24) is 0 Å². The lowest BCUT2D eigenvalue weighted by atomic mass is 10.0. The van der Waals surface area contributed by atoms with E-state index in [1.807, 2.05) is 64.1 Å². The number of carboxylic acid groups (broad SMARTS) is 1. The number of nitrogens with zero attached hydrogens (tertiary/aromatic N) is 2. The first-order valence-corrected chi connectivity index (χ1v) is 12.0. The zero-order chi connectivity index (χ0) is 26.9. The summed E-state index contributed by atoms with van der Waals surface area (Å²) in [5, 5.41) is 8.88. The molecule has 37 heavy (non-hydrogen) atoms. The van der Waals surface area contributed by atoms with Crippen LogP contribution in [0.15, 0.2) is 66.2 Å². The Kier molecular flexibility index (Phi) is 7.22. The van der Waals surface area contributed by atoms with E-state index in [-0.39, 0.29) is 10.7 Å². The van der Waals surface area contributed by atoms with Crippen LogP contribution in [0.2, 0.25) is 0 Å². The van der Waals surface area contributed by atoms with E-state index < -0.39 is 24.4 Å². The van der Waals surface area contributed by atoms with Crippen LogP contribution in [0.4, 0.5) is 11.4 Å². The fraction of sp³-hybridized carbons (Fsp3) is 0.172. The van der Waals surface area contributed by atoms with Crippen molar-refractivity contribution in [3.63, 3.8) is 0 Å². The summed E-state index contributed by atoms with van der Waals surface area (Å²) < 4.78 is 5.17. The van der Waals surface area contributed by atoms with Crippen LogP contribution in [-0.2, 0) is 14.4 Å². The van der Waals surface area contributed by atoms with Crippen LogP contribution in [0.3, 0.4) is 0 Å². The summed E-state index contributed by atoms with van der Waals surface area (Å²) in [6, 6.07) is 17.7. The summed E-state index contributed by atoms with van der Waals surface area (Å²) in [5.41, 5.74) is 5.79. The largest absolute Gasteiger partial charge is 0.482 e. The normalized spacial score (nSPS) is 13.7. The second kappa shape index (κ2) is 10.4. The molecule has 0 atom stereocenters.